The first-order valence-electron chi connectivity index (χ1n) is 4.54. The fourth-order valence-corrected chi connectivity index (χ4v) is 1.15. The van der Waals surface area contributed by atoms with Gasteiger partial charge in [0.05, 0.1) is 0 Å². The first-order chi connectivity index (χ1) is 6.70. The van der Waals surface area contributed by atoms with Crippen LogP contribution in [0.3, 0.4) is 0 Å². The molecule has 1 amide bonds. The molecule has 4 nitrogen and oxygen atoms in total. The number of nitrogens with zero attached hydrogens (tertiary/aromatic N) is 2. The quantitative estimate of drug-likeness (QED) is 0.579. The van der Waals surface area contributed by atoms with Crippen LogP contribution in [0, 0.1) is 0 Å². The summed E-state index contributed by atoms with van der Waals surface area (Å²) in [6, 6.07) is 3.84. The van der Waals surface area contributed by atoms with E-state index in [2.05, 4.69) is 4.98 Å². The summed E-state index contributed by atoms with van der Waals surface area (Å²) in [6.07, 6.45) is 5.41. The SMILES string of the molecule is CN(O)C(=O)CCCc1cccnc1. The van der Waals surface area contributed by atoms with E-state index in [1.54, 1.807) is 12.4 Å². The van der Waals surface area contributed by atoms with Crippen molar-refractivity contribution in [3.63, 3.8) is 0 Å². The van der Waals surface area contributed by atoms with Gasteiger partial charge in [0, 0.05) is 25.9 Å². The van der Waals surface area contributed by atoms with Crippen LogP contribution < -0.4 is 0 Å². The molecule has 0 aliphatic heterocycles. The predicted octanol–water partition coefficient (Wildman–Crippen LogP) is 1.25. The Labute approximate surface area is 83.1 Å². The standard InChI is InChI=1S/C10H14N2O2/c1-12(14)10(13)6-2-4-9-5-3-7-11-8-9/h3,5,7-8,14H,2,4,6H2,1H3. The molecule has 0 spiro atoms. The Morgan fingerprint density at radius 3 is 3.00 bits per heavy atom. The van der Waals surface area contributed by atoms with Gasteiger partial charge < -0.3 is 0 Å². The highest BCUT2D eigenvalue weighted by Gasteiger charge is 2.04. The van der Waals surface area contributed by atoms with Gasteiger partial charge in [-0.3, -0.25) is 15.0 Å². The number of aryl methyl sites for hydroxylation is 1. The van der Waals surface area contributed by atoms with E-state index in [4.69, 9.17) is 5.21 Å². The monoisotopic (exact) mass is 194 g/mol. The zero-order valence-corrected chi connectivity index (χ0v) is 8.18. The highest BCUT2D eigenvalue weighted by Crippen LogP contribution is 2.03. The van der Waals surface area contributed by atoms with Crippen LogP contribution in [-0.2, 0) is 11.2 Å². The fraction of sp³-hybridized carbons (Fsp3) is 0.400. The lowest BCUT2D eigenvalue weighted by Crippen LogP contribution is -2.22. The van der Waals surface area contributed by atoms with Crippen molar-refractivity contribution in [2.24, 2.45) is 0 Å². The molecule has 0 unspecified atom stereocenters. The molecule has 0 aliphatic carbocycles. The van der Waals surface area contributed by atoms with Gasteiger partial charge in [-0.25, -0.2) is 5.06 Å². The molecule has 0 radical (unpaired) electrons. The molecule has 0 saturated carbocycles. The highest BCUT2D eigenvalue weighted by atomic mass is 16.5. The molecule has 0 saturated heterocycles. The second-order valence-corrected chi connectivity index (χ2v) is 3.13. The molecule has 1 heterocycles. The van der Waals surface area contributed by atoms with Crippen molar-refractivity contribution in [2.75, 3.05) is 7.05 Å². The van der Waals surface area contributed by atoms with Gasteiger partial charge in [-0.1, -0.05) is 6.07 Å². The number of carbonyl (C=O) groups excluding carboxylic acids is 1. The first-order valence-corrected chi connectivity index (χ1v) is 4.54. The van der Waals surface area contributed by atoms with Crippen LogP contribution in [-0.4, -0.2) is 28.2 Å². The number of hydrogen-bond acceptors (Lipinski definition) is 3. The summed E-state index contributed by atoms with van der Waals surface area (Å²) in [5.41, 5.74) is 1.11. The van der Waals surface area contributed by atoms with E-state index < -0.39 is 0 Å². The Morgan fingerprint density at radius 2 is 2.43 bits per heavy atom. The molecule has 0 aromatic carbocycles. The normalized spacial score (nSPS) is 9.86. The minimum atomic E-state index is -0.256. The zero-order valence-electron chi connectivity index (χ0n) is 8.18. The summed E-state index contributed by atoms with van der Waals surface area (Å²) < 4.78 is 0. The first kappa shape index (κ1) is 10.7. The van der Waals surface area contributed by atoms with Gasteiger partial charge in [0.25, 0.3) is 0 Å². The van der Waals surface area contributed by atoms with Crippen LogP contribution in [0.2, 0.25) is 0 Å². The summed E-state index contributed by atoms with van der Waals surface area (Å²) in [4.78, 5) is 15.0. The summed E-state index contributed by atoms with van der Waals surface area (Å²) >= 11 is 0. The molecule has 1 N–H and O–H groups in total. The Kier molecular flexibility index (Phi) is 4.07. The van der Waals surface area contributed by atoms with Crippen molar-refractivity contribution >= 4 is 5.91 Å². The van der Waals surface area contributed by atoms with E-state index in [1.165, 1.54) is 7.05 Å². The third kappa shape index (κ3) is 3.53. The van der Waals surface area contributed by atoms with Crippen LogP contribution in [0.4, 0.5) is 0 Å². The lowest BCUT2D eigenvalue weighted by molar-refractivity contribution is -0.159. The lowest BCUT2D eigenvalue weighted by atomic mass is 10.1. The number of hydroxylamine groups is 2. The summed E-state index contributed by atoms with van der Waals surface area (Å²) in [5, 5.41) is 9.42. The molecule has 76 valence electrons. The van der Waals surface area contributed by atoms with Crippen LogP contribution in [0.25, 0.3) is 0 Å². The van der Waals surface area contributed by atoms with Crippen molar-refractivity contribution < 1.29 is 10.0 Å². The van der Waals surface area contributed by atoms with E-state index >= 15 is 0 Å². The minimum Gasteiger partial charge on any atom is -0.286 e. The average molecular weight is 194 g/mol. The topological polar surface area (TPSA) is 53.4 Å². The van der Waals surface area contributed by atoms with Crippen LogP contribution in [0.15, 0.2) is 24.5 Å². The maximum Gasteiger partial charge on any atom is 0.245 e. The number of carbonyl (C=O) groups is 1. The summed E-state index contributed by atoms with van der Waals surface area (Å²) in [6.45, 7) is 0. The molecule has 0 atom stereocenters. The Morgan fingerprint density at radius 1 is 1.64 bits per heavy atom. The molecule has 1 aromatic heterocycles. The third-order valence-electron chi connectivity index (χ3n) is 1.94. The highest BCUT2D eigenvalue weighted by molar-refractivity contribution is 5.74. The van der Waals surface area contributed by atoms with E-state index in [0.717, 1.165) is 18.4 Å². The van der Waals surface area contributed by atoms with Gasteiger partial charge in [0.1, 0.15) is 0 Å². The van der Waals surface area contributed by atoms with Gasteiger partial charge in [-0.2, -0.15) is 0 Å². The Hall–Kier alpha value is -1.42. The van der Waals surface area contributed by atoms with Gasteiger partial charge in [0.2, 0.25) is 5.91 Å². The molecule has 0 fully saturated rings. The Balaban J connectivity index is 2.26. The second kappa shape index (κ2) is 5.34. The van der Waals surface area contributed by atoms with Gasteiger partial charge in [-0.15, -0.1) is 0 Å². The summed E-state index contributed by atoms with van der Waals surface area (Å²) in [7, 11) is 1.34. The maximum absolute atomic E-state index is 11.0. The number of aromatic nitrogens is 1. The van der Waals surface area contributed by atoms with Gasteiger partial charge in [0.15, 0.2) is 0 Å². The van der Waals surface area contributed by atoms with Crippen molar-refractivity contribution in [3.05, 3.63) is 30.1 Å². The van der Waals surface area contributed by atoms with E-state index in [9.17, 15) is 4.79 Å². The van der Waals surface area contributed by atoms with Crippen molar-refractivity contribution in [3.8, 4) is 0 Å². The van der Waals surface area contributed by atoms with Crippen LogP contribution >= 0.6 is 0 Å². The number of rotatable bonds is 4. The number of hydrogen-bond donors (Lipinski definition) is 1. The third-order valence-corrected chi connectivity index (χ3v) is 1.94. The maximum atomic E-state index is 11.0. The molecule has 0 bridgehead atoms. The molecular weight excluding hydrogens is 180 g/mol. The molecule has 1 aromatic rings. The Bertz CT molecular complexity index is 285. The zero-order chi connectivity index (χ0) is 10.4. The fourth-order valence-electron chi connectivity index (χ4n) is 1.15. The van der Waals surface area contributed by atoms with Crippen molar-refractivity contribution in [1.82, 2.24) is 10.0 Å². The van der Waals surface area contributed by atoms with Crippen LogP contribution in [0.1, 0.15) is 18.4 Å². The minimum absolute atomic E-state index is 0.256. The molecular formula is C10H14N2O2. The largest absolute Gasteiger partial charge is 0.286 e. The van der Waals surface area contributed by atoms with Crippen molar-refractivity contribution in [1.29, 1.82) is 0 Å². The molecule has 14 heavy (non-hydrogen) atoms. The van der Waals surface area contributed by atoms with Crippen LogP contribution in [0.5, 0.6) is 0 Å². The van der Waals surface area contributed by atoms with Gasteiger partial charge >= 0.3 is 0 Å². The van der Waals surface area contributed by atoms with Crippen molar-refractivity contribution in [2.45, 2.75) is 19.3 Å². The van der Waals surface area contributed by atoms with E-state index in [-0.39, 0.29) is 5.91 Å². The molecule has 0 aliphatic rings. The molecule has 4 heteroatoms. The van der Waals surface area contributed by atoms with E-state index in [1.807, 2.05) is 12.1 Å². The predicted molar refractivity (Wildman–Crippen MR) is 51.7 cm³/mol. The van der Waals surface area contributed by atoms with E-state index in [0.29, 0.717) is 11.5 Å². The number of pyridine rings is 1. The molecule has 1 rings (SSSR count). The van der Waals surface area contributed by atoms with Gasteiger partial charge in [-0.05, 0) is 24.5 Å². The average Bonchev–Trinajstić information content (AvgIpc) is 2.19. The summed E-state index contributed by atoms with van der Waals surface area (Å²) in [5.74, 6) is -0.256. The second-order valence-electron chi connectivity index (χ2n) is 3.13. The lowest BCUT2D eigenvalue weighted by Gasteiger charge is -2.07. The number of amides is 1. The smallest absolute Gasteiger partial charge is 0.245 e.